The molecule has 2 aromatic carbocycles. The molecule has 188 valence electrons. The van der Waals surface area contributed by atoms with Crippen LogP contribution in [0.3, 0.4) is 0 Å². The number of hydrogen-bond donors (Lipinski definition) is 1. The van der Waals surface area contributed by atoms with Crippen LogP contribution in [0.1, 0.15) is 47.7 Å². The van der Waals surface area contributed by atoms with E-state index in [0.717, 1.165) is 17.5 Å². The number of imide groups is 1. The smallest absolute Gasteiger partial charge is 0.414 e. The molecule has 7 nitrogen and oxygen atoms in total. The van der Waals surface area contributed by atoms with E-state index in [2.05, 4.69) is 5.32 Å². The lowest BCUT2D eigenvalue weighted by Crippen LogP contribution is -2.42. The van der Waals surface area contributed by atoms with Crippen LogP contribution in [-0.4, -0.2) is 31.0 Å². The normalized spacial score (nSPS) is 19.5. The van der Waals surface area contributed by atoms with E-state index in [0.29, 0.717) is 35.7 Å². The number of carbonyl (C=O) groups is 3. The first-order valence-electron chi connectivity index (χ1n) is 11.9. The Labute approximate surface area is 208 Å². The zero-order valence-corrected chi connectivity index (χ0v) is 20.2. The van der Waals surface area contributed by atoms with E-state index in [1.54, 1.807) is 30.3 Å². The average Bonchev–Trinajstić information content (AvgIpc) is 2.84. The van der Waals surface area contributed by atoms with Gasteiger partial charge in [0, 0.05) is 18.1 Å². The Morgan fingerprint density at radius 1 is 1.19 bits per heavy atom. The fraction of sp³-hybridized carbons (Fsp3) is 0.321. The van der Waals surface area contributed by atoms with Crippen LogP contribution in [0.5, 0.6) is 11.5 Å². The molecule has 0 spiro atoms. The molecule has 1 unspecified atom stereocenters. The van der Waals surface area contributed by atoms with Gasteiger partial charge in [-0.2, -0.15) is 0 Å². The Balaban J connectivity index is 1.50. The summed E-state index contributed by atoms with van der Waals surface area (Å²) in [6, 6.07) is 12.5. The van der Waals surface area contributed by atoms with Crippen molar-refractivity contribution in [2.75, 3.05) is 7.11 Å². The maximum atomic E-state index is 14.5. The average molecular weight is 494 g/mol. The fourth-order valence-corrected chi connectivity index (χ4v) is 4.35. The number of allylic oxidation sites excluding steroid dienone is 3. The second kappa shape index (κ2) is 11.2. The van der Waals surface area contributed by atoms with E-state index in [1.807, 2.05) is 25.1 Å². The number of aryl methyl sites for hydroxylation is 1. The minimum Gasteiger partial charge on any atom is -0.497 e. The molecule has 0 saturated carbocycles. The Morgan fingerprint density at radius 3 is 2.75 bits per heavy atom. The van der Waals surface area contributed by atoms with Crippen LogP contribution in [0, 0.1) is 5.92 Å². The van der Waals surface area contributed by atoms with Crippen LogP contribution in [0.25, 0.3) is 0 Å². The number of benzene rings is 2. The van der Waals surface area contributed by atoms with Crippen LogP contribution in [0.15, 0.2) is 66.2 Å². The highest BCUT2D eigenvalue weighted by Gasteiger charge is 2.28. The van der Waals surface area contributed by atoms with Crippen molar-refractivity contribution in [2.24, 2.45) is 5.92 Å². The summed E-state index contributed by atoms with van der Waals surface area (Å²) >= 11 is 0. The molecule has 2 atom stereocenters. The van der Waals surface area contributed by atoms with Crippen LogP contribution in [0.4, 0.5) is 9.18 Å². The summed E-state index contributed by atoms with van der Waals surface area (Å²) in [6.45, 7) is 2.03. The van der Waals surface area contributed by atoms with Crippen LogP contribution < -0.4 is 10.1 Å². The summed E-state index contributed by atoms with van der Waals surface area (Å²) < 4.78 is 30.9. The molecule has 1 aliphatic carbocycles. The third-order valence-electron chi connectivity index (χ3n) is 6.10. The van der Waals surface area contributed by atoms with Gasteiger partial charge in [0.1, 0.15) is 29.2 Å². The van der Waals surface area contributed by atoms with Crippen molar-refractivity contribution in [3.8, 4) is 11.5 Å². The van der Waals surface area contributed by atoms with Gasteiger partial charge in [0.25, 0.3) is 0 Å². The molecule has 4 rings (SSSR count). The molecule has 1 saturated heterocycles. The first-order valence-corrected chi connectivity index (χ1v) is 11.9. The van der Waals surface area contributed by atoms with Gasteiger partial charge < -0.3 is 14.2 Å². The van der Waals surface area contributed by atoms with E-state index in [-0.39, 0.29) is 24.5 Å². The molecule has 36 heavy (non-hydrogen) atoms. The van der Waals surface area contributed by atoms with Gasteiger partial charge in [-0.3, -0.25) is 14.9 Å². The van der Waals surface area contributed by atoms with E-state index >= 15 is 0 Å². The number of hydrogen-bond acceptors (Lipinski definition) is 6. The molecule has 2 aliphatic rings. The first kappa shape index (κ1) is 25.2. The predicted octanol–water partition coefficient (Wildman–Crippen LogP) is 5.59. The number of amides is 2. The van der Waals surface area contributed by atoms with Crippen molar-refractivity contribution >= 4 is 17.8 Å². The lowest BCUT2D eigenvalue weighted by atomic mass is 9.89. The van der Waals surface area contributed by atoms with Gasteiger partial charge in [-0.15, -0.1) is 0 Å². The Hall–Kier alpha value is -3.94. The summed E-state index contributed by atoms with van der Waals surface area (Å²) in [5.74, 6) is -0.413. The van der Waals surface area contributed by atoms with Crippen molar-refractivity contribution in [1.82, 2.24) is 5.32 Å². The minimum absolute atomic E-state index is 0.103. The number of methoxy groups -OCH3 is 1. The number of cyclic esters (lactones) is 1. The number of ether oxygens (including phenoxy) is 3. The minimum atomic E-state index is -0.863. The zero-order valence-electron chi connectivity index (χ0n) is 20.2. The molecule has 2 aromatic rings. The molecular weight excluding hydrogens is 465 g/mol. The molecule has 1 heterocycles. The fourth-order valence-electron chi connectivity index (χ4n) is 4.35. The molecule has 0 aromatic heterocycles. The number of ketones is 1. The summed E-state index contributed by atoms with van der Waals surface area (Å²) in [7, 11) is 1.46. The summed E-state index contributed by atoms with van der Waals surface area (Å²) in [6.07, 6.45) is 3.94. The van der Waals surface area contributed by atoms with Gasteiger partial charge in [-0.05, 0) is 60.4 Å². The molecule has 1 fully saturated rings. The topological polar surface area (TPSA) is 90.9 Å². The molecule has 0 bridgehead atoms. The molecule has 1 N–H and O–H groups in total. The maximum Gasteiger partial charge on any atom is 0.414 e. The van der Waals surface area contributed by atoms with E-state index in [1.165, 1.54) is 13.2 Å². The highest BCUT2D eigenvalue weighted by Crippen LogP contribution is 2.32. The Kier molecular flexibility index (Phi) is 7.83. The van der Waals surface area contributed by atoms with Gasteiger partial charge in [-0.25, -0.2) is 9.18 Å². The van der Waals surface area contributed by atoms with Gasteiger partial charge in [0.2, 0.25) is 5.91 Å². The number of alkyl carbamates (subject to hydrolysis) is 1. The third-order valence-corrected chi connectivity index (χ3v) is 6.10. The first-order chi connectivity index (χ1) is 17.4. The largest absolute Gasteiger partial charge is 0.497 e. The maximum absolute atomic E-state index is 14.5. The summed E-state index contributed by atoms with van der Waals surface area (Å²) in [4.78, 5) is 36.1. The molecule has 0 radical (unpaired) electrons. The van der Waals surface area contributed by atoms with Crippen molar-refractivity contribution in [2.45, 2.75) is 45.1 Å². The lowest BCUT2D eigenvalue weighted by Gasteiger charge is -2.22. The number of Topliss-reactive ketones (excluding diaryl/α,β-unsaturated/α-hetero) is 1. The number of halogens is 1. The predicted molar refractivity (Wildman–Crippen MR) is 130 cm³/mol. The molecule has 2 amide bonds. The molecular formula is C28H28FNO6. The van der Waals surface area contributed by atoms with Gasteiger partial charge >= 0.3 is 6.09 Å². The van der Waals surface area contributed by atoms with Gasteiger partial charge in [0.05, 0.1) is 19.4 Å². The van der Waals surface area contributed by atoms with Crippen molar-refractivity contribution in [3.63, 3.8) is 0 Å². The summed E-state index contributed by atoms with van der Waals surface area (Å²) in [5.41, 5.74) is 2.13. The second-order valence-corrected chi connectivity index (χ2v) is 8.80. The molecule has 1 aliphatic heterocycles. The van der Waals surface area contributed by atoms with E-state index in [4.69, 9.17) is 14.2 Å². The number of nitrogens with one attached hydrogen (secondary N) is 1. The van der Waals surface area contributed by atoms with Gasteiger partial charge in [0.15, 0.2) is 5.78 Å². The third kappa shape index (κ3) is 6.00. The second-order valence-electron chi connectivity index (χ2n) is 8.80. The lowest BCUT2D eigenvalue weighted by molar-refractivity contribution is -0.125. The summed E-state index contributed by atoms with van der Waals surface area (Å²) in [5, 5.41) is 2.12. The highest BCUT2D eigenvalue weighted by atomic mass is 19.1. The van der Waals surface area contributed by atoms with E-state index in [9.17, 15) is 18.8 Å². The quantitative estimate of drug-likeness (QED) is 0.458. The standard InChI is InChI=1S/C28H28FNO6/c1-3-5-18-14-19(27(32)23-10-9-20(34-2)15-24(23)29)8-11-25(18)35-21-7-4-6-17(12-21)13-22-16-26(31)30-28(33)36-22/h4,6-9,11-12,14-15,22-23H,3,5,10,13,16H2,1-2H3,(H,30,31,33)/t22-,23?/m0/s1. The van der Waals surface area contributed by atoms with Gasteiger partial charge in [-0.1, -0.05) is 25.5 Å². The number of carbonyl (C=O) groups excluding carboxylic acids is 3. The van der Waals surface area contributed by atoms with E-state index < -0.39 is 23.9 Å². The highest BCUT2D eigenvalue weighted by molar-refractivity contribution is 6.00. The Bertz CT molecular complexity index is 1220. The van der Waals surface area contributed by atoms with Crippen LogP contribution in [0.2, 0.25) is 0 Å². The van der Waals surface area contributed by atoms with Crippen molar-refractivity contribution in [1.29, 1.82) is 0 Å². The van der Waals surface area contributed by atoms with Crippen LogP contribution in [-0.2, 0) is 27.1 Å². The van der Waals surface area contributed by atoms with Crippen molar-refractivity contribution < 1.29 is 33.0 Å². The van der Waals surface area contributed by atoms with Crippen LogP contribution >= 0.6 is 0 Å². The monoisotopic (exact) mass is 493 g/mol. The SMILES string of the molecule is CCCc1cc(C(=O)C2CC=C(OC)C=C2F)ccc1Oc1cccc(C[C@H]2CC(=O)NC(=O)O2)c1. The van der Waals surface area contributed by atoms with Crippen molar-refractivity contribution in [3.05, 3.63) is 82.9 Å². The Morgan fingerprint density at radius 2 is 2.03 bits per heavy atom. The zero-order chi connectivity index (χ0) is 25.7. The molecule has 8 heteroatoms. The number of rotatable bonds is 9.